The molecule has 0 heterocycles. The number of para-hydroxylation sites is 1. The first-order chi connectivity index (χ1) is 11.4. The first kappa shape index (κ1) is 18.0. The quantitative estimate of drug-likeness (QED) is 0.807. The Labute approximate surface area is 141 Å². The summed E-state index contributed by atoms with van der Waals surface area (Å²) >= 11 is 0. The largest absolute Gasteiger partial charge is 0.465 e. The van der Waals surface area contributed by atoms with Crippen molar-refractivity contribution in [3.63, 3.8) is 0 Å². The molecule has 0 saturated heterocycles. The van der Waals surface area contributed by atoms with E-state index in [0.29, 0.717) is 5.69 Å². The maximum atomic E-state index is 13.0. The van der Waals surface area contributed by atoms with Gasteiger partial charge in [-0.05, 0) is 37.3 Å². The second-order valence-corrected chi connectivity index (χ2v) is 7.10. The Kier molecular flexibility index (Phi) is 5.58. The zero-order valence-corrected chi connectivity index (χ0v) is 14.2. The van der Waals surface area contributed by atoms with Gasteiger partial charge >= 0.3 is 5.97 Å². The van der Waals surface area contributed by atoms with Gasteiger partial charge in [-0.25, -0.2) is 13.2 Å². The molecule has 0 amide bonds. The zero-order valence-electron chi connectivity index (χ0n) is 13.4. The van der Waals surface area contributed by atoms with Crippen LogP contribution < -0.4 is 4.31 Å². The average Bonchev–Trinajstić information content (AvgIpc) is 2.59. The fourth-order valence-electron chi connectivity index (χ4n) is 2.21. The van der Waals surface area contributed by atoms with E-state index >= 15 is 0 Å². The first-order valence-corrected chi connectivity index (χ1v) is 8.74. The molecule has 0 spiro atoms. The van der Waals surface area contributed by atoms with Crippen LogP contribution in [0.25, 0.3) is 0 Å². The summed E-state index contributed by atoms with van der Waals surface area (Å²) in [5, 5.41) is 9.69. The van der Waals surface area contributed by atoms with Gasteiger partial charge in [-0.1, -0.05) is 24.3 Å². The number of nitrogens with zero attached hydrogens (tertiary/aromatic N) is 1. The molecule has 24 heavy (non-hydrogen) atoms. The molecule has 1 atom stereocenters. The predicted molar refractivity (Wildman–Crippen MR) is 90.4 cm³/mol. The van der Waals surface area contributed by atoms with Crippen LogP contribution in [0.3, 0.4) is 0 Å². The van der Waals surface area contributed by atoms with Gasteiger partial charge in [0.2, 0.25) is 0 Å². The molecule has 0 aliphatic carbocycles. The van der Waals surface area contributed by atoms with E-state index < -0.39 is 22.1 Å². The SMILES string of the molecule is COC(=O)c1cccc(S(=O)(=O)N(C[C@@H](C)O)c2ccccc2)c1. The third-order valence-corrected chi connectivity index (χ3v) is 5.11. The fourth-order valence-corrected chi connectivity index (χ4v) is 3.80. The van der Waals surface area contributed by atoms with Crippen LogP contribution in [0.2, 0.25) is 0 Å². The highest BCUT2D eigenvalue weighted by Gasteiger charge is 2.26. The summed E-state index contributed by atoms with van der Waals surface area (Å²) in [5.74, 6) is -0.617. The highest BCUT2D eigenvalue weighted by molar-refractivity contribution is 7.92. The molecule has 0 saturated carbocycles. The number of methoxy groups -OCH3 is 1. The molecule has 2 aromatic carbocycles. The van der Waals surface area contributed by atoms with Crippen molar-refractivity contribution in [3.8, 4) is 0 Å². The van der Waals surface area contributed by atoms with Crippen LogP contribution in [0.15, 0.2) is 59.5 Å². The summed E-state index contributed by atoms with van der Waals surface area (Å²) in [5.41, 5.74) is 0.575. The van der Waals surface area contributed by atoms with Crippen LogP contribution in [0, 0.1) is 0 Å². The lowest BCUT2D eigenvalue weighted by atomic mass is 10.2. The lowest BCUT2D eigenvalue weighted by molar-refractivity contribution is 0.0600. The Balaban J connectivity index is 2.50. The van der Waals surface area contributed by atoms with Crippen molar-refractivity contribution >= 4 is 21.7 Å². The zero-order chi connectivity index (χ0) is 17.7. The van der Waals surface area contributed by atoms with Crippen LogP contribution in [0.1, 0.15) is 17.3 Å². The smallest absolute Gasteiger partial charge is 0.337 e. The van der Waals surface area contributed by atoms with Crippen LogP contribution in [-0.2, 0) is 14.8 Å². The third-order valence-electron chi connectivity index (χ3n) is 3.32. The molecule has 2 aromatic rings. The minimum atomic E-state index is -3.95. The van der Waals surface area contributed by atoms with Gasteiger partial charge in [0.15, 0.2) is 0 Å². The van der Waals surface area contributed by atoms with Crippen molar-refractivity contribution in [1.29, 1.82) is 0 Å². The van der Waals surface area contributed by atoms with E-state index in [1.807, 2.05) is 0 Å². The Hall–Kier alpha value is -2.38. The molecular formula is C17H19NO5S. The van der Waals surface area contributed by atoms with E-state index in [0.717, 1.165) is 4.31 Å². The van der Waals surface area contributed by atoms with Gasteiger partial charge in [0.1, 0.15) is 0 Å². The Morgan fingerprint density at radius 3 is 2.42 bits per heavy atom. The number of carbonyl (C=O) groups is 1. The summed E-state index contributed by atoms with van der Waals surface area (Å²) in [4.78, 5) is 11.6. The second-order valence-electron chi connectivity index (χ2n) is 5.24. The first-order valence-electron chi connectivity index (χ1n) is 7.30. The Morgan fingerprint density at radius 1 is 1.17 bits per heavy atom. The number of ether oxygens (including phenoxy) is 1. The molecule has 0 fully saturated rings. The maximum Gasteiger partial charge on any atom is 0.337 e. The Bertz CT molecular complexity index is 803. The lowest BCUT2D eigenvalue weighted by Crippen LogP contribution is -2.36. The van der Waals surface area contributed by atoms with E-state index in [1.165, 1.54) is 38.3 Å². The monoisotopic (exact) mass is 349 g/mol. The molecular weight excluding hydrogens is 330 g/mol. The number of anilines is 1. The van der Waals surface area contributed by atoms with E-state index in [9.17, 15) is 18.3 Å². The number of aliphatic hydroxyl groups is 1. The molecule has 0 aromatic heterocycles. The fraction of sp³-hybridized carbons (Fsp3) is 0.235. The van der Waals surface area contributed by atoms with Crippen molar-refractivity contribution in [2.45, 2.75) is 17.9 Å². The van der Waals surface area contributed by atoms with Crippen LogP contribution in [-0.4, -0.2) is 39.3 Å². The maximum absolute atomic E-state index is 13.0. The summed E-state index contributed by atoms with van der Waals surface area (Å²) < 4.78 is 31.7. The molecule has 6 nitrogen and oxygen atoms in total. The van der Waals surface area contributed by atoms with Crippen molar-refractivity contribution in [2.24, 2.45) is 0 Å². The van der Waals surface area contributed by atoms with Gasteiger partial charge < -0.3 is 9.84 Å². The predicted octanol–water partition coefficient (Wildman–Crippen LogP) is 2.05. The third kappa shape index (κ3) is 3.93. The van der Waals surface area contributed by atoms with Gasteiger partial charge in [0, 0.05) is 0 Å². The number of esters is 1. The molecule has 0 radical (unpaired) electrons. The second kappa shape index (κ2) is 7.46. The van der Waals surface area contributed by atoms with E-state index in [1.54, 1.807) is 30.3 Å². The summed E-state index contributed by atoms with van der Waals surface area (Å²) in [7, 11) is -2.72. The minimum Gasteiger partial charge on any atom is -0.465 e. The van der Waals surface area contributed by atoms with Gasteiger partial charge in [0.25, 0.3) is 10.0 Å². The molecule has 128 valence electrons. The molecule has 0 bridgehead atoms. The van der Waals surface area contributed by atoms with Crippen molar-refractivity contribution in [1.82, 2.24) is 0 Å². The molecule has 1 N–H and O–H groups in total. The minimum absolute atomic E-state index is 0.0464. The number of hydrogen-bond acceptors (Lipinski definition) is 5. The summed E-state index contributed by atoms with van der Waals surface area (Å²) in [6.07, 6.45) is -0.858. The number of carbonyl (C=O) groups excluding carboxylic acids is 1. The highest BCUT2D eigenvalue weighted by Crippen LogP contribution is 2.24. The number of aliphatic hydroxyl groups excluding tert-OH is 1. The van der Waals surface area contributed by atoms with Crippen LogP contribution in [0.4, 0.5) is 5.69 Å². The van der Waals surface area contributed by atoms with Gasteiger partial charge in [0.05, 0.1) is 35.9 Å². The van der Waals surface area contributed by atoms with E-state index in [-0.39, 0.29) is 17.0 Å². The molecule has 2 rings (SSSR count). The molecule has 0 unspecified atom stereocenters. The summed E-state index contributed by atoms with van der Waals surface area (Å²) in [6, 6.07) is 14.1. The van der Waals surface area contributed by atoms with E-state index in [4.69, 9.17) is 0 Å². The van der Waals surface area contributed by atoms with Gasteiger partial charge in [-0.15, -0.1) is 0 Å². The van der Waals surface area contributed by atoms with Crippen LogP contribution >= 0.6 is 0 Å². The van der Waals surface area contributed by atoms with Crippen molar-refractivity contribution in [2.75, 3.05) is 18.0 Å². The van der Waals surface area contributed by atoms with Crippen LogP contribution in [0.5, 0.6) is 0 Å². The number of benzene rings is 2. The van der Waals surface area contributed by atoms with Gasteiger partial charge in [-0.2, -0.15) is 0 Å². The highest BCUT2D eigenvalue weighted by atomic mass is 32.2. The topological polar surface area (TPSA) is 83.9 Å². The normalized spacial score (nSPS) is 12.5. The van der Waals surface area contributed by atoms with E-state index in [2.05, 4.69) is 4.74 Å². The standard InChI is InChI=1S/C17H19NO5S/c1-13(19)12-18(15-8-4-3-5-9-15)24(21,22)16-10-6-7-14(11-16)17(20)23-2/h3-11,13,19H,12H2,1-2H3/t13-/m1/s1. The number of sulfonamides is 1. The number of hydrogen-bond donors (Lipinski definition) is 1. The molecule has 0 aliphatic heterocycles. The van der Waals surface area contributed by atoms with Crippen molar-refractivity contribution < 1.29 is 23.1 Å². The molecule has 0 aliphatic rings. The van der Waals surface area contributed by atoms with Crippen molar-refractivity contribution in [3.05, 3.63) is 60.2 Å². The Morgan fingerprint density at radius 2 is 1.83 bits per heavy atom. The van der Waals surface area contributed by atoms with Gasteiger partial charge in [-0.3, -0.25) is 4.31 Å². The molecule has 7 heteroatoms. The average molecular weight is 349 g/mol. The number of rotatable bonds is 6. The lowest BCUT2D eigenvalue weighted by Gasteiger charge is -2.25. The summed E-state index contributed by atoms with van der Waals surface area (Å²) in [6.45, 7) is 1.41.